The SMILES string of the molecule is CC(C)c1ccc(-c2cc(C(C)c3ccccc3)ccn2)cc1. The van der Waals surface area contributed by atoms with E-state index in [0.717, 1.165) is 5.69 Å². The van der Waals surface area contributed by atoms with Gasteiger partial charge in [0.1, 0.15) is 0 Å². The molecule has 2 aromatic carbocycles. The fourth-order valence-corrected chi connectivity index (χ4v) is 2.85. The molecule has 0 saturated carbocycles. The Morgan fingerprint density at radius 3 is 2.04 bits per heavy atom. The predicted molar refractivity (Wildman–Crippen MR) is 97.7 cm³/mol. The summed E-state index contributed by atoms with van der Waals surface area (Å²) in [5, 5.41) is 0. The number of hydrogen-bond donors (Lipinski definition) is 0. The van der Waals surface area contributed by atoms with Gasteiger partial charge in [-0.05, 0) is 34.7 Å². The Kier molecular flexibility index (Phi) is 4.57. The summed E-state index contributed by atoms with van der Waals surface area (Å²) in [6, 6.07) is 23.7. The first-order valence-corrected chi connectivity index (χ1v) is 8.26. The van der Waals surface area contributed by atoms with Crippen molar-refractivity contribution in [3.8, 4) is 11.3 Å². The van der Waals surface area contributed by atoms with Crippen LogP contribution in [0, 0.1) is 0 Å². The second-order valence-electron chi connectivity index (χ2n) is 6.38. The first-order valence-electron chi connectivity index (χ1n) is 8.26. The Hall–Kier alpha value is -2.41. The van der Waals surface area contributed by atoms with E-state index in [0.29, 0.717) is 11.8 Å². The van der Waals surface area contributed by atoms with Crippen LogP contribution in [-0.2, 0) is 0 Å². The molecule has 116 valence electrons. The maximum absolute atomic E-state index is 4.56. The van der Waals surface area contributed by atoms with Crippen molar-refractivity contribution in [3.63, 3.8) is 0 Å². The minimum atomic E-state index is 0.368. The van der Waals surface area contributed by atoms with Crippen molar-refractivity contribution < 1.29 is 0 Å². The highest BCUT2D eigenvalue weighted by molar-refractivity contribution is 5.60. The third-order valence-corrected chi connectivity index (χ3v) is 4.46. The fourth-order valence-electron chi connectivity index (χ4n) is 2.85. The molecule has 0 bridgehead atoms. The van der Waals surface area contributed by atoms with Gasteiger partial charge in [-0.15, -0.1) is 0 Å². The fraction of sp³-hybridized carbons (Fsp3) is 0.227. The standard InChI is InChI=1S/C22H23N/c1-16(2)18-9-11-20(12-10-18)22-15-21(13-14-23-22)17(3)19-7-5-4-6-8-19/h4-17H,1-3H3. The number of aromatic nitrogens is 1. The van der Waals surface area contributed by atoms with Crippen LogP contribution in [0.1, 0.15) is 49.3 Å². The molecule has 1 heterocycles. The third kappa shape index (κ3) is 3.50. The van der Waals surface area contributed by atoms with E-state index in [-0.39, 0.29) is 0 Å². The van der Waals surface area contributed by atoms with Gasteiger partial charge in [0, 0.05) is 17.7 Å². The van der Waals surface area contributed by atoms with Gasteiger partial charge in [-0.25, -0.2) is 0 Å². The van der Waals surface area contributed by atoms with Gasteiger partial charge in [0.2, 0.25) is 0 Å². The highest BCUT2D eigenvalue weighted by atomic mass is 14.7. The molecule has 0 aliphatic carbocycles. The van der Waals surface area contributed by atoms with E-state index >= 15 is 0 Å². The van der Waals surface area contributed by atoms with Crippen molar-refractivity contribution in [2.75, 3.05) is 0 Å². The molecule has 0 spiro atoms. The summed E-state index contributed by atoms with van der Waals surface area (Å²) < 4.78 is 0. The average Bonchev–Trinajstić information content (AvgIpc) is 2.62. The van der Waals surface area contributed by atoms with E-state index in [1.54, 1.807) is 0 Å². The zero-order valence-electron chi connectivity index (χ0n) is 14.0. The Labute approximate surface area is 139 Å². The van der Waals surface area contributed by atoms with Gasteiger partial charge in [0.05, 0.1) is 5.69 Å². The van der Waals surface area contributed by atoms with Crippen molar-refractivity contribution in [3.05, 3.63) is 89.6 Å². The molecular formula is C22H23N. The summed E-state index contributed by atoms with van der Waals surface area (Å²) in [5.41, 5.74) is 6.22. The van der Waals surface area contributed by atoms with Crippen LogP contribution in [0.2, 0.25) is 0 Å². The van der Waals surface area contributed by atoms with Crippen molar-refractivity contribution in [1.82, 2.24) is 4.98 Å². The van der Waals surface area contributed by atoms with E-state index in [4.69, 9.17) is 0 Å². The number of nitrogens with zero attached hydrogens (tertiary/aromatic N) is 1. The lowest BCUT2D eigenvalue weighted by atomic mass is 9.92. The van der Waals surface area contributed by atoms with E-state index in [1.807, 2.05) is 6.20 Å². The van der Waals surface area contributed by atoms with Crippen LogP contribution in [0.15, 0.2) is 72.9 Å². The van der Waals surface area contributed by atoms with E-state index < -0.39 is 0 Å². The number of rotatable bonds is 4. The van der Waals surface area contributed by atoms with Crippen LogP contribution >= 0.6 is 0 Å². The minimum Gasteiger partial charge on any atom is -0.256 e. The number of hydrogen-bond acceptors (Lipinski definition) is 1. The van der Waals surface area contributed by atoms with Crippen molar-refractivity contribution in [1.29, 1.82) is 0 Å². The smallest absolute Gasteiger partial charge is 0.0704 e. The molecule has 23 heavy (non-hydrogen) atoms. The molecule has 3 rings (SSSR count). The minimum absolute atomic E-state index is 0.368. The van der Waals surface area contributed by atoms with Gasteiger partial charge < -0.3 is 0 Å². The Balaban J connectivity index is 1.90. The quantitative estimate of drug-likeness (QED) is 0.574. The van der Waals surface area contributed by atoms with Gasteiger partial charge in [-0.1, -0.05) is 75.4 Å². The molecule has 1 unspecified atom stereocenters. The van der Waals surface area contributed by atoms with Crippen LogP contribution in [-0.4, -0.2) is 4.98 Å². The number of benzene rings is 2. The van der Waals surface area contributed by atoms with Crippen LogP contribution in [0.25, 0.3) is 11.3 Å². The molecule has 0 N–H and O–H groups in total. The molecule has 0 saturated heterocycles. The average molecular weight is 301 g/mol. The van der Waals surface area contributed by atoms with Gasteiger partial charge in [0.15, 0.2) is 0 Å². The normalized spacial score (nSPS) is 12.3. The van der Waals surface area contributed by atoms with Crippen molar-refractivity contribution in [2.45, 2.75) is 32.6 Å². The molecule has 1 heteroatoms. The van der Waals surface area contributed by atoms with Crippen LogP contribution in [0.3, 0.4) is 0 Å². The molecule has 0 radical (unpaired) electrons. The Morgan fingerprint density at radius 2 is 1.39 bits per heavy atom. The first-order chi connectivity index (χ1) is 11.1. The maximum Gasteiger partial charge on any atom is 0.0704 e. The highest BCUT2D eigenvalue weighted by Gasteiger charge is 2.10. The maximum atomic E-state index is 4.56. The zero-order chi connectivity index (χ0) is 16.2. The molecular weight excluding hydrogens is 278 g/mol. The summed E-state index contributed by atoms with van der Waals surface area (Å²) in [6.45, 7) is 6.68. The topological polar surface area (TPSA) is 12.9 Å². The molecule has 0 amide bonds. The summed E-state index contributed by atoms with van der Waals surface area (Å²) in [7, 11) is 0. The summed E-state index contributed by atoms with van der Waals surface area (Å²) in [5.74, 6) is 0.925. The van der Waals surface area contributed by atoms with Gasteiger partial charge in [-0.3, -0.25) is 4.98 Å². The largest absolute Gasteiger partial charge is 0.256 e. The van der Waals surface area contributed by atoms with Crippen molar-refractivity contribution in [2.24, 2.45) is 0 Å². The zero-order valence-corrected chi connectivity index (χ0v) is 14.0. The molecule has 0 aliphatic heterocycles. The van der Waals surface area contributed by atoms with Gasteiger partial charge in [-0.2, -0.15) is 0 Å². The summed E-state index contributed by atoms with van der Waals surface area (Å²) in [6.07, 6.45) is 1.92. The summed E-state index contributed by atoms with van der Waals surface area (Å²) in [4.78, 5) is 4.56. The Morgan fingerprint density at radius 1 is 0.696 bits per heavy atom. The third-order valence-electron chi connectivity index (χ3n) is 4.46. The van der Waals surface area contributed by atoms with E-state index in [1.165, 1.54) is 22.3 Å². The second kappa shape index (κ2) is 6.78. The number of pyridine rings is 1. The lowest BCUT2D eigenvalue weighted by Gasteiger charge is -2.13. The monoisotopic (exact) mass is 301 g/mol. The second-order valence-corrected chi connectivity index (χ2v) is 6.38. The van der Waals surface area contributed by atoms with Crippen LogP contribution in [0.4, 0.5) is 0 Å². The first kappa shape index (κ1) is 15.5. The molecule has 3 aromatic rings. The van der Waals surface area contributed by atoms with Gasteiger partial charge >= 0.3 is 0 Å². The van der Waals surface area contributed by atoms with Crippen molar-refractivity contribution >= 4 is 0 Å². The van der Waals surface area contributed by atoms with Crippen LogP contribution < -0.4 is 0 Å². The predicted octanol–water partition coefficient (Wildman–Crippen LogP) is 6.02. The molecule has 1 nitrogen and oxygen atoms in total. The van der Waals surface area contributed by atoms with Crippen LogP contribution in [0.5, 0.6) is 0 Å². The molecule has 0 aliphatic rings. The molecule has 1 aromatic heterocycles. The van der Waals surface area contributed by atoms with E-state index in [2.05, 4.69) is 92.5 Å². The Bertz CT molecular complexity index is 757. The highest BCUT2D eigenvalue weighted by Crippen LogP contribution is 2.27. The van der Waals surface area contributed by atoms with Gasteiger partial charge in [0.25, 0.3) is 0 Å². The van der Waals surface area contributed by atoms with E-state index in [9.17, 15) is 0 Å². The summed E-state index contributed by atoms with van der Waals surface area (Å²) >= 11 is 0. The lowest BCUT2D eigenvalue weighted by Crippen LogP contribution is -1.97. The molecule has 1 atom stereocenters. The lowest BCUT2D eigenvalue weighted by molar-refractivity contribution is 0.867. The molecule has 0 fully saturated rings.